The standard InChI is InChI=1S/C22H22F3N5O8/c1-9(22(36,5-30-8-26-6-29-30)11-3-2-10(23)4-12(11)24)14-13(25)19(28-7-27-14)38-21-17(33)15(31)16(32)18(37-21)20(34)35/h2-4,6-9,15-18,21,31-33,36H,5H2,1H3,(H,34,35)/t9-,15-,16-,17+,18-,21-,22+/m0/s1. The van der Waals surface area contributed by atoms with Gasteiger partial charge < -0.3 is 35.0 Å². The number of benzene rings is 1. The summed E-state index contributed by atoms with van der Waals surface area (Å²) in [6.07, 6.45) is -6.86. The van der Waals surface area contributed by atoms with Crippen molar-refractivity contribution in [3.05, 3.63) is 65.9 Å². The summed E-state index contributed by atoms with van der Waals surface area (Å²) >= 11 is 0. The van der Waals surface area contributed by atoms with Gasteiger partial charge in [0.05, 0.1) is 12.2 Å². The first-order chi connectivity index (χ1) is 17.9. The van der Waals surface area contributed by atoms with Gasteiger partial charge in [0.2, 0.25) is 12.1 Å². The first-order valence-electron chi connectivity index (χ1n) is 11.0. The van der Waals surface area contributed by atoms with Crippen LogP contribution in [0.1, 0.15) is 24.1 Å². The molecule has 38 heavy (non-hydrogen) atoms. The Hall–Kier alpha value is -3.70. The molecule has 0 radical (unpaired) electrons. The molecule has 0 aliphatic carbocycles. The minimum atomic E-state index is -2.28. The second kappa shape index (κ2) is 10.6. The number of hydrogen-bond donors (Lipinski definition) is 5. The molecular formula is C22H22F3N5O8. The van der Waals surface area contributed by atoms with Gasteiger partial charge in [0.15, 0.2) is 6.10 Å². The number of halogens is 3. The van der Waals surface area contributed by atoms with Crippen molar-refractivity contribution in [2.45, 2.75) is 55.7 Å². The van der Waals surface area contributed by atoms with Gasteiger partial charge in [0, 0.05) is 17.5 Å². The zero-order chi connectivity index (χ0) is 27.8. The molecule has 2 aromatic heterocycles. The first-order valence-corrected chi connectivity index (χ1v) is 11.0. The van der Waals surface area contributed by atoms with Crippen LogP contribution in [0.15, 0.2) is 37.2 Å². The lowest BCUT2D eigenvalue weighted by Gasteiger charge is -2.38. The Balaban J connectivity index is 1.70. The Bertz CT molecular complexity index is 1300. The second-order valence-electron chi connectivity index (χ2n) is 8.59. The summed E-state index contributed by atoms with van der Waals surface area (Å²) in [7, 11) is 0. The van der Waals surface area contributed by atoms with Gasteiger partial charge in [0.25, 0.3) is 5.88 Å². The van der Waals surface area contributed by atoms with E-state index < -0.39 is 89.3 Å². The van der Waals surface area contributed by atoms with Crippen molar-refractivity contribution in [1.82, 2.24) is 24.7 Å². The number of rotatable bonds is 8. The van der Waals surface area contributed by atoms with Crippen molar-refractivity contribution in [1.29, 1.82) is 0 Å². The van der Waals surface area contributed by atoms with Crippen molar-refractivity contribution >= 4 is 5.97 Å². The van der Waals surface area contributed by atoms with Crippen molar-refractivity contribution in [3.8, 4) is 5.88 Å². The van der Waals surface area contributed by atoms with Crippen LogP contribution in [-0.4, -0.2) is 86.9 Å². The number of aliphatic hydroxyl groups is 4. The molecule has 0 saturated carbocycles. The fraction of sp³-hybridized carbons (Fsp3) is 0.409. The Kier molecular flexibility index (Phi) is 7.61. The molecule has 3 heterocycles. The highest BCUT2D eigenvalue weighted by Gasteiger charge is 2.49. The molecule has 1 fully saturated rings. The minimum absolute atomic E-state index is 0.408. The molecular weight excluding hydrogens is 519 g/mol. The average molecular weight is 541 g/mol. The van der Waals surface area contributed by atoms with Gasteiger partial charge in [-0.25, -0.2) is 28.2 Å². The van der Waals surface area contributed by atoms with Crippen molar-refractivity contribution in [3.63, 3.8) is 0 Å². The monoisotopic (exact) mass is 541 g/mol. The molecule has 0 bridgehead atoms. The molecule has 13 nitrogen and oxygen atoms in total. The lowest BCUT2D eigenvalue weighted by atomic mass is 9.79. The van der Waals surface area contributed by atoms with Crippen LogP contribution in [0.4, 0.5) is 13.2 Å². The van der Waals surface area contributed by atoms with E-state index in [2.05, 4.69) is 20.1 Å². The summed E-state index contributed by atoms with van der Waals surface area (Å²) in [5.74, 6) is -7.29. The quantitative estimate of drug-likeness (QED) is 0.245. The number of aromatic nitrogens is 5. The topological polar surface area (TPSA) is 193 Å². The third-order valence-corrected chi connectivity index (χ3v) is 6.22. The summed E-state index contributed by atoms with van der Waals surface area (Å²) in [5.41, 5.74) is -3.20. The zero-order valence-electron chi connectivity index (χ0n) is 19.5. The van der Waals surface area contributed by atoms with Gasteiger partial charge >= 0.3 is 5.97 Å². The van der Waals surface area contributed by atoms with E-state index >= 15 is 4.39 Å². The first kappa shape index (κ1) is 27.3. The minimum Gasteiger partial charge on any atom is -0.479 e. The zero-order valence-corrected chi connectivity index (χ0v) is 19.5. The van der Waals surface area contributed by atoms with Crippen LogP contribution in [0, 0.1) is 17.5 Å². The van der Waals surface area contributed by atoms with Crippen molar-refractivity contribution in [2.75, 3.05) is 0 Å². The highest BCUT2D eigenvalue weighted by Crippen LogP contribution is 2.41. The van der Waals surface area contributed by atoms with Crippen LogP contribution in [0.3, 0.4) is 0 Å². The van der Waals surface area contributed by atoms with Gasteiger partial charge in [-0.15, -0.1) is 0 Å². The van der Waals surface area contributed by atoms with E-state index in [4.69, 9.17) is 9.47 Å². The van der Waals surface area contributed by atoms with Crippen LogP contribution in [0.25, 0.3) is 0 Å². The Morgan fingerprint density at radius 3 is 2.53 bits per heavy atom. The van der Waals surface area contributed by atoms with E-state index in [0.29, 0.717) is 6.07 Å². The molecule has 1 saturated heterocycles. The second-order valence-corrected chi connectivity index (χ2v) is 8.59. The summed E-state index contributed by atoms with van der Waals surface area (Å²) in [4.78, 5) is 22.5. The van der Waals surface area contributed by atoms with Crippen molar-refractivity contribution in [2.24, 2.45) is 0 Å². The molecule has 1 aromatic carbocycles. The fourth-order valence-electron chi connectivity index (χ4n) is 4.09. The number of carbonyl (C=O) groups is 1. The van der Waals surface area contributed by atoms with Gasteiger partial charge in [0.1, 0.15) is 54.5 Å². The van der Waals surface area contributed by atoms with E-state index in [1.54, 1.807) is 0 Å². The van der Waals surface area contributed by atoms with Gasteiger partial charge in [-0.2, -0.15) is 14.5 Å². The average Bonchev–Trinajstić information content (AvgIpc) is 3.37. The molecule has 5 N–H and O–H groups in total. The van der Waals surface area contributed by atoms with Crippen molar-refractivity contribution < 1.29 is 53.0 Å². The van der Waals surface area contributed by atoms with E-state index in [0.717, 1.165) is 29.5 Å². The van der Waals surface area contributed by atoms with Crippen LogP contribution in [-0.2, 0) is 21.7 Å². The predicted octanol–water partition coefficient (Wildman–Crippen LogP) is -0.552. The van der Waals surface area contributed by atoms with E-state index in [9.17, 15) is 39.1 Å². The molecule has 4 rings (SSSR count). The molecule has 1 aliphatic rings. The number of nitrogens with zero attached hydrogens (tertiary/aromatic N) is 5. The van der Waals surface area contributed by atoms with E-state index in [-0.39, 0.29) is 0 Å². The number of aliphatic carboxylic acids is 1. The highest BCUT2D eigenvalue weighted by atomic mass is 19.1. The molecule has 7 atom stereocenters. The lowest BCUT2D eigenvalue weighted by Crippen LogP contribution is -2.61. The number of carboxylic acid groups (broad SMARTS) is 1. The molecule has 0 unspecified atom stereocenters. The lowest BCUT2D eigenvalue weighted by molar-refractivity contribution is -0.272. The van der Waals surface area contributed by atoms with E-state index in [1.165, 1.54) is 13.3 Å². The molecule has 3 aromatic rings. The highest BCUT2D eigenvalue weighted by molar-refractivity contribution is 5.73. The third kappa shape index (κ3) is 5.03. The normalized spacial score (nSPS) is 25.9. The molecule has 0 amide bonds. The van der Waals surface area contributed by atoms with Gasteiger partial charge in [-0.05, 0) is 6.07 Å². The number of carboxylic acids is 1. The third-order valence-electron chi connectivity index (χ3n) is 6.22. The largest absolute Gasteiger partial charge is 0.479 e. The molecule has 204 valence electrons. The fourth-order valence-corrected chi connectivity index (χ4v) is 4.09. The van der Waals surface area contributed by atoms with Crippen LogP contribution >= 0.6 is 0 Å². The van der Waals surface area contributed by atoms with Gasteiger partial charge in [-0.1, -0.05) is 13.0 Å². The smallest absolute Gasteiger partial charge is 0.335 e. The van der Waals surface area contributed by atoms with Crippen LogP contribution < -0.4 is 4.74 Å². The predicted molar refractivity (Wildman–Crippen MR) is 116 cm³/mol. The number of hydrogen-bond acceptors (Lipinski definition) is 11. The van der Waals surface area contributed by atoms with Crippen LogP contribution in [0.5, 0.6) is 5.88 Å². The Morgan fingerprint density at radius 1 is 1.16 bits per heavy atom. The maximum Gasteiger partial charge on any atom is 0.335 e. The Labute approximate surface area is 211 Å². The summed E-state index contributed by atoms with van der Waals surface area (Å²) < 4.78 is 55.3. The molecule has 1 aliphatic heterocycles. The maximum atomic E-state index is 15.6. The number of ether oxygens (including phenoxy) is 2. The Morgan fingerprint density at radius 2 is 1.89 bits per heavy atom. The summed E-state index contributed by atoms with van der Waals surface area (Å²) in [6.45, 7) is 0.826. The summed E-state index contributed by atoms with van der Waals surface area (Å²) in [5, 5.41) is 54.7. The molecule has 16 heteroatoms. The van der Waals surface area contributed by atoms with E-state index in [1.807, 2.05) is 0 Å². The summed E-state index contributed by atoms with van der Waals surface area (Å²) in [6, 6.07) is 2.43. The van der Waals surface area contributed by atoms with Crippen LogP contribution in [0.2, 0.25) is 0 Å². The van der Waals surface area contributed by atoms with Gasteiger partial charge in [-0.3, -0.25) is 0 Å². The maximum absolute atomic E-state index is 15.6. The molecule has 0 spiro atoms. The number of aliphatic hydroxyl groups excluding tert-OH is 3. The SMILES string of the molecule is C[C@@H](c1ncnc(O[C@@H]2O[C@H](C(=O)O)[C@@H](O)[C@H](O)[C@H]2O)c1F)[C@](O)(Cn1cncn1)c1ccc(F)cc1F.